The second-order valence-electron chi connectivity index (χ2n) is 3.21. The molecule has 1 nitrogen and oxygen atoms in total. The highest BCUT2D eigenvalue weighted by Crippen LogP contribution is 2.30. The van der Waals surface area contributed by atoms with Crippen LogP contribution in [-0.4, -0.2) is 4.98 Å². The van der Waals surface area contributed by atoms with Gasteiger partial charge in [0.1, 0.15) is 0 Å². The molecule has 0 amide bonds. The lowest BCUT2D eigenvalue weighted by Gasteiger charge is -2.10. The Bertz CT molecular complexity index is 442. The van der Waals surface area contributed by atoms with Gasteiger partial charge < -0.3 is 0 Å². The SMILES string of the molecule is Brc1cncc(C(Br)c2ccccc2)c1. The van der Waals surface area contributed by atoms with Gasteiger partial charge in [-0.25, -0.2) is 0 Å². The summed E-state index contributed by atoms with van der Waals surface area (Å²) in [7, 11) is 0. The number of halogens is 2. The first-order valence-corrected chi connectivity index (χ1v) is 6.28. The van der Waals surface area contributed by atoms with Gasteiger partial charge >= 0.3 is 0 Å². The van der Waals surface area contributed by atoms with E-state index in [4.69, 9.17) is 0 Å². The lowest BCUT2D eigenvalue weighted by Crippen LogP contribution is -1.92. The lowest BCUT2D eigenvalue weighted by molar-refractivity contribution is 1.13. The number of hydrogen-bond acceptors (Lipinski definition) is 1. The molecular formula is C12H9Br2N. The van der Waals surface area contributed by atoms with Gasteiger partial charge in [0.15, 0.2) is 0 Å². The van der Waals surface area contributed by atoms with Crippen LogP contribution in [0.4, 0.5) is 0 Å². The second kappa shape index (κ2) is 4.90. The van der Waals surface area contributed by atoms with E-state index in [0.717, 1.165) is 10.0 Å². The normalized spacial score (nSPS) is 12.4. The van der Waals surface area contributed by atoms with E-state index >= 15 is 0 Å². The predicted molar refractivity (Wildman–Crippen MR) is 69.1 cm³/mol. The van der Waals surface area contributed by atoms with Gasteiger partial charge in [0.05, 0.1) is 4.83 Å². The van der Waals surface area contributed by atoms with Crippen LogP contribution in [0.15, 0.2) is 53.3 Å². The molecule has 2 rings (SSSR count). The van der Waals surface area contributed by atoms with E-state index in [2.05, 4.69) is 55.0 Å². The molecule has 0 radical (unpaired) electrons. The summed E-state index contributed by atoms with van der Waals surface area (Å²) in [5.74, 6) is 0. The third kappa shape index (κ3) is 2.67. The van der Waals surface area contributed by atoms with Crippen molar-refractivity contribution >= 4 is 31.9 Å². The number of rotatable bonds is 2. The van der Waals surface area contributed by atoms with Crippen LogP contribution in [-0.2, 0) is 0 Å². The van der Waals surface area contributed by atoms with Gasteiger partial charge in [0.2, 0.25) is 0 Å². The quantitative estimate of drug-likeness (QED) is 0.749. The van der Waals surface area contributed by atoms with Crippen LogP contribution in [0.25, 0.3) is 0 Å². The molecule has 0 aliphatic rings. The van der Waals surface area contributed by atoms with Crippen LogP contribution < -0.4 is 0 Å². The van der Waals surface area contributed by atoms with E-state index < -0.39 is 0 Å². The Morgan fingerprint density at radius 2 is 1.73 bits per heavy atom. The third-order valence-electron chi connectivity index (χ3n) is 2.11. The van der Waals surface area contributed by atoms with E-state index in [0.29, 0.717) is 0 Å². The van der Waals surface area contributed by atoms with Crippen molar-refractivity contribution in [1.29, 1.82) is 0 Å². The van der Waals surface area contributed by atoms with Gasteiger partial charge in [-0.1, -0.05) is 46.3 Å². The van der Waals surface area contributed by atoms with Gasteiger partial charge in [-0.05, 0) is 33.1 Å². The molecular weight excluding hydrogens is 318 g/mol. The summed E-state index contributed by atoms with van der Waals surface area (Å²) in [5, 5.41) is 0. The summed E-state index contributed by atoms with van der Waals surface area (Å²) >= 11 is 7.09. The molecule has 0 bridgehead atoms. The smallest absolute Gasteiger partial charge is 0.0660 e. The molecule has 0 aliphatic heterocycles. The first kappa shape index (κ1) is 10.8. The van der Waals surface area contributed by atoms with Crippen LogP contribution in [0.1, 0.15) is 16.0 Å². The van der Waals surface area contributed by atoms with Crippen molar-refractivity contribution in [2.75, 3.05) is 0 Å². The molecule has 0 spiro atoms. The predicted octanol–water partition coefficient (Wildman–Crippen LogP) is 4.33. The molecule has 0 fully saturated rings. The molecule has 76 valence electrons. The highest BCUT2D eigenvalue weighted by molar-refractivity contribution is 9.10. The van der Waals surface area contributed by atoms with Crippen molar-refractivity contribution < 1.29 is 0 Å². The zero-order chi connectivity index (χ0) is 10.7. The number of pyridine rings is 1. The standard InChI is InChI=1S/C12H9Br2N/c13-11-6-10(7-15-8-11)12(14)9-4-2-1-3-5-9/h1-8,12H. The Kier molecular flexibility index (Phi) is 3.54. The van der Waals surface area contributed by atoms with Crippen molar-refractivity contribution in [2.45, 2.75) is 4.83 Å². The lowest BCUT2D eigenvalue weighted by atomic mass is 10.1. The molecule has 0 saturated carbocycles. The number of nitrogens with zero attached hydrogens (tertiary/aromatic N) is 1. The van der Waals surface area contributed by atoms with E-state index in [1.165, 1.54) is 5.56 Å². The molecule has 0 saturated heterocycles. The summed E-state index contributed by atoms with van der Waals surface area (Å²) in [6.07, 6.45) is 3.66. The van der Waals surface area contributed by atoms with Crippen LogP contribution in [0.2, 0.25) is 0 Å². The first-order chi connectivity index (χ1) is 7.27. The molecule has 0 aliphatic carbocycles. The first-order valence-electron chi connectivity index (χ1n) is 4.57. The number of alkyl halides is 1. The third-order valence-corrected chi connectivity index (χ3v) is 3.60. The highest BCUT2D eigenvalue weighted by atomic mass is 79.9. The Labute approximate surface area is 106 Å². The minimum Gasteiger partial charge on any atom is -0.263 e. The van der Waals surface area contributed by atoms with Gasteiger partial charge in [-0.15, -0.1) is 0 Å². The molecule has 1 heterocycles. The molecule has 1 atom stereocenters. The number of aromatic nitrogens is 1. The average molecular weight is 327 g/mol. The largest absolute Gasteiger partial charge is 0.263 e. The number of benzene rings is 1. The van der Waals surface area contributed by atoms with E-state index in [1.54, 1.807) is 6.20 Å². The minimum atomic E-state index is 0.198. The Hall–Kier alpha value is -0.670. The van der Waals surface area contributed by atoms with E-state index in [1.807, 2.05) is 24.4 Å². The highest BCUT2D eigenvalue weighted by Gasteiger charge is 2.09. The van der Waals surface area contributed by atoms with E-state index in [9.17, 15) is 0 Å². The van der Waals surface area contributed by atoms with Crippen LogP contribution >= 0.6 is 31.9 Å². The Morgan fingerprint density at radius 1 is 1.00 bits per heavy atom. The van der Waals surface area contributed by atoms with Gasteiger partial charge in [-0.3, -0.25) is 4.98 Å². The zero-order valence-corrected chi connectivity index (χ0v) is 11.1. The van der Waals surface area contributed by atoms with Crippen molar-refractivity contribution in [3.8, 4) is 0 Å². The maximum Gasteiger partial charge on any atom is 0.0660 e. The Balaban J connectivity index is 2.32. The molecule has 3 heteroatoms. The molecule has 1 unspecified atom stereocenters. The molecule has 15 heavy (non-hydrogen) atoms. The molecule has 1 aromatic heterocycles. The fourth-order valence-electron chi connectivity index (χ4n) is 1.38. The van der Waals surface area contributed by atoms with Gasteiger partial charge in [0.25, 0.3) is 0 Å². The fraction of sp³-hybridized carbons (Fsp3) is 0.0833. The number of hydrogen-bond donors (Lipinski definition) is 0. The fourth-order valence-corrected chi connectivity index (χ4v) is 2.32. The minimum absolute atomic E-state index is 0.198. The van der Waals surface area contributed by atoms with Crippen LogP contribution in [0, 0.1) is 0 Å². The van der Waals surface area contributed by atoms with Gasteiger partial charge in [0, 0.05) is 16.9 Å². The van der Waals surface area contributed by atoms with E-state index in [-0.39, 0.29) is 4.83 Å². The molecule has 0 N–H and O–H groups in total. The molecule has 2 aromatic rings. The summed E-state index contributed by atoms with van der Waals surface area (Å²) < 4.78 is 1.00. The summed E-state index contributed by atoms with van der Waals surface area (Å²) in [4.78, 5) is 4.35. The summed E-state index contributed by atoms with van der Waals surface area (Å²) in [6, 6.07) is 12.4. The Morgan fingerprint density at radius 3 is 2.40 bits per heavy atom. The van der Waals surface area contributed by atoms with Crippen molar-refractivity contribution in [3.05, 3.63) is 64.4 Å². The zero-order valence-electron chi connectivity index (χ0n) is 7.90. The van der Waals surface area contributed by atoms with Crippen LogP contribution in [0.5, 0.6) is 0 Å². The van der Waals surface area contributed by atoms with Crippen molar-refractivity contribution in [3.63, 3.8) is 0 Å². The maximum absolute atomic E-state index is 4.15. The topological polar surface area (TPSA) is 12.9 Å². The summed E-state index contributed by atoms with van der Waals surface area (Å²) in [6.45, 7) is 0. The molecule has 1 aromatic carbocycles. The second-order valence-corrected chi connectivity index (χ2v) is 5.04. The average Bonchev–Trinajstić information content (AvgIpc) is 2.29. The van der Waals surface area contributed by atoms with Gasteiger partial charge in [-0.2, -0.15) is 0 Å². The van der Waals surface area contributed by atoms with Crippen LogP contribution in [0.3, 0.4) is 0 Å². The summed E-state index contributed by atoms with van der Waals surface area (Å²) in [5.41, 5.74) is 2.38. The van der Waals surface area contributed by atoms with Crippen molar-refractivity contribution in [1.82, 2.24) is 4.98 Å². The maximum atomic E-state index is 4.15. The monoisotopic (exact) mass is 325 g/mol. The van der Waals surface area contributed by atoms with Crippen molar-refractivity contribution in [2.24, 2.45) is 0 Å².